The van der Waals surface area contributed by atoms with Gasteiger partial charge in [-0.05, 0) is 31.9 Å². The number of halogens is 1. The number of rotatable bonds is 4. The lowest BCUT2D eigenvalue weighted by Gasteiger charge is -2.32. The summed E-state index contributed by atoms with van der Waals surface area (Å²) in [6.07, 6.45) is 1.24. The van der Waals surface area contributed by atoms with Gasteiger partial charge in [0.1, 0.15) is 0 Å². The van der Waals surface area contributed by atoms with Gasteiger partial charge in [-0.2, -0.15) is 0 Å². The van der Waals surface area contributed by atoms with E-state index in [2.05, 4.69) is 10.6 Å². The minimum Gasteiger partial charge on any atom is -0.391 e. The first-order valence-corrected chi connectivity index (χ1v) is 9.07. The van der Waals surface area contributed by atoms with Gasteiger partial charge in [0.2, 0.25) is 5.91 Å². The van der Waals surface area contributed by atoms with E-state index in [0.717, 1.165) is 24.9 Å². The van der Waals surface area contributed by atoms with Gasteiger partial charge >= 0.3 is 0 Å². The fraction of sp³-hybridized carbons (Fsp3) is 0.579. The predicted octanol–water partition coefficient (Wildman–Crippen LogP) is 0.966. The number of carbonyl (C=O) groups is 2. The van der Waals surface area contributed by atoms with Gasteiger partial charge in [0, 0.05) is 44.2 Å². The number of piperidine rings is 1. The molecule has 3 rings (SSSR count). The lowest BCUT2D eigenvalue weighted by atomic mass is 9.96. The number of nitrogens with zero attached hydrogens (tertiary/aromatic N) is 1. The van der Waals surface area contributed by atoms with Crippen LogP contribution in [0.4, 0.5) is 0 Å². The number of carbonyl (C=O) groups excluding carboxylic acids is 2. The molecule has 2 saturated heterocycles. The zero-order valence-corrected chi connectivity index (χ0v) is 15.9. The SMILES string of the molecule is Cc1ccc(C(=O)N2CCCC(C(=O)NCC3CNCC3O)C2)cc1.Cl. The second kappa shape index (κ2) is 9.35. The summed E-state index contributed by atoms with van der Waals surface area (Å²) in [5.74, 6) is -0.124. The fourth-order valence-electron chi connectivity index (χ4n) is 3.56. The number of aliphatic hydroxyl groups is 1. The number of aliphatic hydroxyl groups excluding tert-OH is 1. The molecule has 7 heteroatoms. The molecule has 2 aliphatic rings. The molecule has 2 fully saturated rings. The molecule has 0 aromatic heterocycles. The summed E-state index contributed by atoms with van der Waals surface area (Å²) < 4.78 is 0. The second-order valence-electron chi connectivity index (χ2n) is 7.19. The Morgan fingerprint density at radius 1 is 1.27 bits per heavy atom. The van der Waals surface area contributed by atoms with E-state index in [9.17, 15) is 14.7 Å². The van der Waals surface area contributed by atoms with Crippen molar-refractivity contribution in [1.29, 1.82) is 0 Å². The largest absolute Gasteiger partial charge is 0.391 e. The fourth-order valence-corrected chi connectivity index (χ4v) is 3.56. The number of hydrogen-bond donors (Lipinski definition) is 3. The Hall–Kier alpha value is -1.63. The number of aryl methyl sites for hydroxylation is 1. The van der Waals surface area contributed by atoms with Crippen molar-refractivity contribution in [2.75, 3.05) is 32.7 Å². The van der Waals surface area contributed by atoms with Gasteiger partial charge in [-0.3, -0.25) is 9.59 Å². The molecule has 144 valence electrons. The average Bonchev–Trinajstić information content (AvgIpc) is 3.05. The number of hydrogen-bond acceptors (Lipinski definition) is 4. The van der Waals surface area contributed by atoms with Crippen LogP contribution in [-0.4, -0.2) is 60.6 Å². The molecular formula is C19H28ClN3O3. The van der Waals surface area contributed by atoms with E-state index < -0.39 is 6.10 Å². The highest BCUT2D eigenvalue weighted by Gasteiger charge is 2.30. The van der Waals surface area contributed by atoms with Crippen molar-refractivity contribution in [2.45, 2.75) is 25.9 Å². The van der Waals surface area contributed by atoms with Crippen LogP contribution in [0.1, 0.15) is 28.8 Å². The molecule has 0 aliphatic carbocycles. The molecule has 0 saturated carbocycles. The zero-order valence-electron chi connectivity index (χ0n) is 15.1. The van der Waals surface area contributed by atoms with E-state index in [4.69, 9.17) is 0 Å². The van der Waals surface area contributed by atoms with Crippen LogP contribution >= 0.6 is 12.4 Å². The van der Waals surface area contributed by atoms with Crippen molar-refractivity contribution in [2.24, 2.45) is 11.8 Å². The molecular weight excluding hydrogens is 354 g/mol. The maximum absolute atomic E-state index is 12.6. The van der Waals surface area contributed by atoms with Gasteiger partial charge in [0.05, 0.1) is 12.0 Å². The topological polar surface area (TPSA) is 81.7 Å². The minimum absolute atomic E-state index is 0. The van der Waals surface area contributed by atoms with E-state index in [1.165, 1.54) is 0 Å². The molecule has 3 unspecified atom stereocenters. The molecule has 1 aromatic carbocycles. The predicted molar refractivity (Wildman–Crippen MR) is 102 cm³/mol. The number of β-amino-alcohol motifs (C(OH)–C–C–N with tert-alkyl or cyclic N) is 1. The monoisotopic (exact) mass is 381 g/mol. The quantitative estimate of drug-likeness (QED) is 0.725. The summed E-state index contributed by atoms with van der Waals surface area (Å²) in [5.41, 5.74) is 1.79. The molecule has 0 spiro atoms. The van der Waals surface area contributed by atoms with E-state index >= 15 is 0 Å². The van der Waals surface area contributed by atoms with Crippen LogP contribution in [0.3, 0.4) is 0 Å². The minimum atomic E-state index is -0.397. The third kappa shape index (κ3) is 4.96. The standard InChI is InChI=1S/C19H27N3O3.ClH/c1-13-4-6-14(7-5-13)19(25)22-8-2-3-15(12-22)18(24)21-10-16-9-20-11-17(16)23;/h4-7,15-17,20,23H,2-3,8-12H2,1H3,(H,21,24);1H. The molecule has 0 radical (unpaired) electrons. The molecule has 2 heterocycles. The van der Waals surface area contributed by atoms with Crippen molar-refractivity contribution >= 4 is 24.2 Å². The van der Waals surface area contributed by atoms with Crippen LogP contribution < -0.4 is 10.6 Å². The van der Waals surface area contributed by atoms with Crippen LogP contribution in [0, 0.1) is 18.8 Å². The van der Waals surface area contributed by atoms with Crippen LogP contribution in [0.25, 0.3) is 0 Å². The van der Waals surface area contributed by atoms with Crippen LogP contribution in [0.2, 0.25) is 0 Å². The first-order valence-electron chi connectivity index (χ1n) is 9.07. The molecule has 0 bridgehead atoms. The molecule has 3 N–H and O–H groups in total. The summed E-state index contributed by atoms with van der Waals surface area (Å²) in [6, 6.07) is 7.55. The Bertz CT molecular complexity index is 623. The van der Waals surface area contributed by atoms with Gasteiger partial charge in [0.15, 0.2) is 0 Å². The average molecular weight is 382 g/mol. The van der Waals surface area contributed by atoms with E-state index in [1.54, 1.807) is 4.90 Å². The van der Waals surface area contributed by atoms with Crippen LogP contribution in [0.15, 0.2) is 24.3 Å². The molecule has 2 aliphatic heterocycles. The van der Waals surface area contributed by atoms with Crippen molar-refractivity contribution in [1.82, 2.24) is 15.5 Å². The normalized spacial score (nSPS) is 25.5. The highest BCUT2D eigenvalue weighted by atomic mass is 35.5. The molecule has 6 nitrogen and oxygen atoms in total. The smallest absolute Gasteiger partial charge is 0.253 e. The Morgan fingerprint density at radius 3 is 2.65 bits per heavy atom. The Labute approximate surface area is 160 Å². The summed E-state index contributed by atoms with van der Waals surface area (Å²) in [7, 11) is 0. The zero-order chi connectivity index (χ0) is 17.8. The van der Waals surface area contributed by atoms with Crippen molar-refractivity contribution < 1.29 is 14.7 Å². The van der Waals surface area contributed by atoms with Crippen LogP contribution in [-0.2, 0) is 4.79 Å². The number of nitrogens with one attached hydrogen (secondary N) is 2. The summed E-state index contributed by atoms with van der Waals surface area (Å²) in [6.45, 7) is 4.94. The third-order valence-corrected chi connectivity index (χ3v) is 5.22. The van der Waals surface area contributed by atoms with Gasteiger partial charge in [-0.1, -0.05) is 17.7 Å². The molecule has 2 amide bonds. The lowest BCUT2D eigenvalue weighted by molar-refractivity contribution is -0.126. The maximum atomic E-state index is 12.6. The Kier molecular flexibility index (Phi) is 7.43. The first kappa shape index (κ1) is 20.7. The van der Waals surface area contributed by atoms with Gasteiger partial charge in [0.25, 0.3) is 5.91 Å². The van der Waals surface area contributed by atoms with Gasteiger partial charge in [-0.25, -0.2) is 0 Å². The van der Waals surface area contributed by atoms with Crippen molar-refractivity contribution in [3.8, 4) is 0 Å². The number of benzene rings is 1. The van der Waals surface area contributed by atoms with Gasteiger partial charge < -0.3 is 20.6 Å². The summed E-state index contributed by atoms with van der Waals surface area (Å²) in [4.78, 5) is 26.9. The maximum Gasteiger partial charge on any atom is 0.253 e. The third-order valence-electron chi connectivity index (χ3n) is 5.22. The molecule has 26 heavy (non-hydrogen) atoms. The molecule has 1 aromatic rings. The number of likely N-dealkylation sites (tertiary alicyclic amines) is 1. The lowest BCUT2D eigenvalue weighted by Crippen LogP contribution is -2.46. The summed E-state index contributed by atoms with van der Waals surface area (Å²) >= 11 is 0. The van der Waals surface area contributed by atoms with Crippen molar-refractivity contribution in [3.05, 3.63) is 35.4 Å². The van der Waals surface area contributed by atoms with E-state index in [-0.39, 0.29) is 36.1 Å². The Morgan fingerprint density at radius 2 is 2.00 bits per heavy atom. The number of amides is 2. The van der Waals surface area contributed by atoms with E-state index in [0.29, 0.717) is 31.7 Å². The molecule has 3 atom stereocenters. The van der Waals surface area contributed by atoms with Crippen LogP contribution in [0.5, 0.6) is 0 Å². The van der Waals surface area contributed by atoms with E-state index in [1.807, 2.05) is 31.2 Å². The van der Waals surface area contributed by atoms with Crippen molar-refractivity contribution in [3.63, 3.8) is 0 Å². The first-order chi connectivity index (χ1) is 12.0. The Balaban J connectivity index is 0.00000243. The summed E-state index contributed by atoms with van der Waals surface area (Å²) in [5, 5.41) is 15.9. The highest BCUT2D eigenvalue weighted by molar-refractivity contribution is 5.94. The van der Waals surface area contributed by atoms with Gasteiger partial charge in [-0.15, -0.1) is 12.4 Å². The highest BCUT2D eigenvalue weighted by Crippen LogP contribution is 2.19. The second-order valence-corrected chi connectivity index (χ2v) is 7.19.